The Morgan fingerprint density at radius 1 is 0.872 bits per heavy atom. The Bertz CT molecular complexity index is 3390. The van der Waals surface area contributed by atoms with Crippen molar-refractivity contribution < 1.29 is 70.3 Å². The summed E-state index contributed by atoms with van der Waals surface area (Å²) in [4.78, 5) is 37.2. The Kier molecular flexibility index (Phi) is 15.0. The fourth-order valence-electron chi connectivity index (χ4n) is 11.0. The van der Waals surface area contributed by atoms with Crippen molar-refractivity contribution in [2.45, 2.75) is 126 Å². The molecule has 5 heterocycles. The molecule has 78 heavy (non-hydrogen) atoms. The molecule has 1 saturated carbocycles. The maximum absolute atomic E-state index is 15.7. The summed E-state index contributed by atoms with van der Waals surface area (Å²) in [5.41, 5.74) is -4.87. The number of carbonyl (C=O) groups is 2. The van der Waals surface area contributed by atoms with E-state index in [0.717, 1.165) is 50.7 Å². The second-order valence-electron chi connectivity index (χ2n) is 21.2. The Morgan fingerprint density at radius 3 is 2.12 bits per heavy atom. The zero-order chi connectivity index (χ0) is 56.8. The quantitative estimate of drug-likeness (QED) is 0.0995. The van der Waals surface area contributed by atoms with Gasteiger partial charge in [-0.15, -0.1) is 0 Å². The molecule has 2 aromatic carbocycles. The number of likely N-dealkylation sites (tertiary alicyclic amines) is 2. The number of aromatic nitrogens is 5. The monoisotopic (exact) mass is 1170 g/mol. The van der Waals surface area contributed by atoms with Gasteiger partial charge in [0.15, 0.2) is 21.3 Å². The molecular formula is C50H54ClF10N9O6S2. The predicted octanol–water partition coefficient (Wildman–Crippen LogP) is 9.71. The van der Waals surface area contributed by atoms with Crippen LogP contribution in [-0.4, -0.2) is 119 Å². The second kappa shape index (κ2) is 20.5. The summed E-state index contributed by atoms with van der Waals surface area (Å²) in [6.45, 7) is 1.60. The third-order valence-electron chi connectivity index (χ3n) is 15.3. The molecule has 424 valence electrons. The highest BCUT2D eigenvalue weighted by Gasteiger charge is 2.68. The third kappa shape index (κ3) is 11.4. The van der Waals surface area contributed by atoms with Crippen LogP contribution in [0.2, 0.25) is 5.02 Å². The standard InChI is InChI=1S/C50H54ClF10N9O6S2/c1-47(2,77(3,73)74)15-12-30-8-9-32(41(62-30)37(22-27-20-28(52)23-29(53)21-27)63-38(71)25-68-44-39(43(64-68)50(59,60)61)34-24-35(34)49(44,57)58)33-10-11-36(51)40-42(33)69(26-48(54,55)56)65-45(40)70(78(4,75)76)46(72)67-18-13-31(14-19-67)66-16-6-5-7-17-66/h8-11,20-21,23,31,34-35,37H,5-7,12-19,22,24-26H2,1-4H3,(H,63,71)/t34?,35-,37+/m1/s1. The fraction of sp³-hybridized carbons (Fsp3) is 0.540. The molecular weight excluding hydrogens is 1110 g/mol. The molecule has 3 fully saturated rings. The van der Waals surface area contributed by atoms with Gasteiger partial charge in [-0.05, 0) is 114 Å². The number of nitrogens with zero attached hydrogens (tertiary/aromatic N) is 8. The largest absolute Gasteiger partial charge is 0.435 e. The minimum absolute atomic E-state index is 0.0846. The van der Waals surface area contributed by atoms with Gasteiger partial charge >= 0.3 is 18.4 Å². The average Bonchev–Trinajstić information content (AvgIpc) is 4.06. The van der Waals surface area contributed by atoms with Crippen LogP contribution in [0.15, 0.2) is 42.5 Å². The van der Waals surface area contributed by atoms with Crippen LogP contribution in [-0.2, 0) is 62.7 Å². The van der Waals surface area contributed by atoms with E-state index in [2.05, 4.69) is 20.4 Å². The number of amides is 3. The van der Waals surface area contributed by atoms with Gasteiger partial charge in [-0.3, -0.25) is 19.1 Å². The van der Waals surface area contributed by atoms with Crippen LogP contribution >= 0.6 is 11.6 Å². The molecule has 3 amide bonds. The minimum Gasteiger partial charge on any atom is -0.346 e. The number of rotatable bonds is 15. The van der Waals surface area contributed by atoms with Gasteiger partial charge in [0.25, 0.3) is 5.92 Å². The predicted molar refractivity (Wildman–Crippen MR) is 267 cm³/mol. The summed E-state index contributed by atoms with van der Waals surface area (Å²) in [5.74, 6) is -10.8. The smallest absolute Gasteiger partial charge is 0.346 e. The number of piperidine rings is 2. The lowest BCUT2D eigenvalue weighted by molar-refractivity contribution is -0.143. The van der Waals surface area contributed by atoms with Crippen LogP contribution in [0.4, 0.5) is 54.5 Å². The van der Waals surface area contributed by atoms with Gasteiger partial charge in [-0.2, -0.15) is 49.6 Å². The van der Waals surface area contributed by atoms with Crippen molar-refractivity contribution in [1.29, 1.82) is 0 Å². The zero-order valence-electron chi connectivity index (χ0n) is 42.5. The molecule has 28 heteroatoms. The van der Waals surface area contributed by atoms with Gasteiger partial charge in [0.05, 0.1) is 38.7 Å². The van der Waals surface area contributed by atoms with Crippen LogP contribution < -0.4 is 9.62 Å². The first-order chi connectivity index (χ1) is 36.2. The molecule has 3 aromatic heterocycles. The summed E-state index contributed by atoms with van der Waals surface area (Å²) in [7, 11) is -8.46. The molecule has 0 spiro atoms. The average molecular weight is 1170 g/mol. The van der Waals surface area contributed by atoms with E-state index in [-0.39, 0.29) is 80.5 Å². The number of benzene rings is 2. The van der Waals surface area contributed by atoms with Crippen molar-refractivity contribution in [3.8, 4) is 11.1 Å². The van der Waals surface area contributed by atoms with Crippen molar-refractivity contribution in [1.82, 2.24) is 39.7 Å². The van der Waals surface area contributed by atoms with E-state index in [9.17, 15) is 61.5 Å². The van der Waals surface area contributed by atoms with Gasteiger partial charge in [0.1, 0.15) is 30.4 Å². The highest BCUT2D eigenvalue weighted by Crippen LogP contribution is 2.68. The van der Waals surface area contributed by atoms with E-state index in [0.29, 0.717) is 29.8 Å². The number of hydrogen-bond donors (Lipinski definition) is 1. The van der Waals surface area contributed by atoms with Crippen molar-refractivity contribution in [3.05, 3.63) is 93.0 Å². The first-order valence-electron chi connectivity index (χ1n) is 25.0. The Labute approximate surface area is 447 Å². The Hall–Kier alpha value is -5.54. The van der Waals surface area contributed by atoms with E-state index in [1.807, 2.05) is 0 Å². The lowest BCUT2D eigenvalue weighted by Gasteiger charge is -2.40. The van der Waals surface area contributed by atoms with E-state index in [1.165, 1.54) is 43.0 Å². The molecule has 2 saturated heterocycles. The molecule has 1 N–H and O–H groups in total. The molecule has 15 nitrogen and oxygen atoms in total. The maximum atomic E-state index is 15.7. The molecule has 0 bridgehead atoms. The van der Waals surface area contributed by atoms with Crippen molar-refractivity contribution in [2.75, 3.05) is 43.0 Å². The number of sulfonamides is 1. The van der Waals surface area contributed by atoms with Crippen LogP contribution in [0.1, 0.15) is 105 Å². The number of sulfone groups is 1. The summed E-state index contributed by atoms with van der Waals surface area (Å²) in [6, 6.07) is 4.56. The summed E-state index contributed by atoms with van der Waals surface area (Å²) < 4.78 is 201. The van der Waals surface area contributed by atoms with Crippen LogP contribution in [0.5, 0.6) is 0 Å². The number of nitrogens with one attached hydrogen (secondary N) is 1. The lowest BCUT2D eigenvalue weighted by Crippen LogP contribution is -2.52. The van der Waals surface area contributed by atoms with Crippen LogP contribution in [0, 0.1) is 17.6 Å². The second-order valence-corrected chi connectivity index (χ2v) is 26.1. The lowest BCUT2D eigenvalue weighted by atomic mass is 9.93. The minimum atomic E-state index is -5.20. The number of carbonyl (C=O) groups excluding carboxylic acids is 2. The fourth-order valence-corrected chi connectivity index (χ4v) is 12.6. The topological polar surface area (TPSA) is 173 Å². The normalized spacial score (nSPS) is 19.7. The summed E-state index contributed by atoms with van der Waals surface area (Å²) in [5, 5.41) is 9.24. The number of halogens is 11. The zero-order valence-corrected chi connectivity index (χ0v) is 44.8. The van der Waals surface area contributed by atoms with Crippen LogP contribution in [0.3, 0.4) is 0 Å². The molecule has 9 rings (SSSR count). The highest BCUT2D eigenvalue weighted by molar-refractivity contribution is 7.93. The van der Waals surface area contributed by atoms with E-state index in [1.54, 1.807) is 0 Å². The number of urea groups is 1. The molecule has 5 aromatic rings. The molecule has 4 aliphatic rings. The number of pyridine rings is 1. The third-order valence-corrected chi connectivity index (χ3v) is 18.8. The van der Waals surface area contributed by atoms with Crippen molar-refractivity contribution >= 4 is 60.1 Å². The van der Waals surface area contributed by atoms with Crippen molar-refractivity contribution in [3.63, 3.8) is 0 Å². The Balaban J connectivity index is 1.20. The van der Waals surface area contributed by atoms with Gasteiger partial charge in [0, 0.05) is 59.8 Å². The summed E-state index contributed by atoms with van der Waals surface area (Å²) in [6.07, 6.45) is -5.71. The Morgan fingerprint density at radius 2 is 1.51 bits per heavy atom. The SMILES string of the molecule is CC(C)(CCc1ccc(-c2ccc(Cl)c3c(N(C(=O)N4CCC(N5CCCCC5)CC4)S(C)(=O)=O)nn(CC(F)(F)F)c23)c([C@H](Cc2cc(F)cc(F)c2)NC(=O)Cn2nc(C(F)(F)F)c3c2C(F)(F)[C@@H]2CC32)n1)S(C)(=O)=O. The number of aryl methyl sites for hydroxylation is 1. The summed E-state index contributed by atoms with van der Waals surface area (Å²) >= 11 is 6.82. The van der Waals surface area contributed by atoms with Gasteiger partial charge in [0.2, 0.25) is 15.9 Å². The van der Waals surface area contributed by atoms with E-state index < -0.39 is 138 Å². The van der Waals surface area contributed by atoms with E-state index >= 15 is 8.78 Å². The molecule has 1 unspecified atom stereocenters. The van der Waals surface area contributed by atoms with Crippen molar-refractivity contribution in [2.24, 2.45) is 5.92 Å². The highest BCUT2D eigenvalue weighted by atomic mass is 35.5. The molecule has 2 aliphatic carbocycles. The van der Waals surface area contributed by atoms with Gasteiger partial charge in [-0.25, -0.2) is 30.4 Å². The first kappa shape index (κ1) is 57.2. The number of anilines is 1. The first-order valence-corrected chi connectivity index (χ1v) is 29.1. The molecule has 2 aliphatic heterocycles. The maximum Gasteiger partial charge on any atom is 0.435 e. The number of alkyl halides is 8. The number of fused-ring (bicyclic) bond motifs is 4. The number of hydrogen-bond acceptors (Lipinski definition) is 10. The van der Waals surface area contributed by atoms with E-state index in [4.69, 9.17) is 16.6 Å². The molecule has 3 atom stereocenters. The van der Waals surface area contributed by atoms with Gasteiger partial charge < -0.3 is 15.1 Å². The van der Waals surface area contributed by atoms with Gasteiger partial charge in [-0.1, -0.05) is 30.2 Å². The molecule has 0 radical (unpaired) electrons. The van der Waals surface area contributed by atoms with Crippen LogP contribution in [0.25, 0.3) is 22.0 Å².